The van der Waals surface area contributed by atoms with Gasteiger partial charge in [-0.25, -0.2) is 4.98 Å². The third-order valence-corrected chi connectivity index (χ3v) is 3.62. The number of rotatable bonds is 5. The molecule has 0 aliphatic carbocycles. The zero-order valence-corrected chi connectivity index (χ0v) is 13.1. The van der Waals surface area contributed by atoms with Gasteiger partial charge in [-0.15, -0.1) is 11.3 Å². The molecule has 0 atom stereocenters. The number of aliphatic hydroxyl groups is 1. The number of carbonyl (C=O) groups excluding carboxylic acids is 1. The molecular weight excluding hydrogens is 288 g/mol. The lowest BCUT2D eigenvalue weighted by molar-refractivity contribution is 0.0312. The molecule has 0 saturated carbocycles. The number of likely N-dealkylation sites (N-methyl/N-ethyl adjacent to an activating group) is 1. The third-order valence-electron chi connectivity index (χ3n) is 2.75. The molecule has 0 saturated heterocycles. The molecule has 0 aliphatic rings. The number of nitrogens with zero attached hydrogens (tertiary/aromatic N) is 4. The first kappa shape index (κ1) is 15.5. The molecule has 0 radical (unpaired) electrons. The number of thiazole rings is 1. The van der Waals surface area contributed by atoms with Crippen LogP contribution in [-0.4, -0.2) is 49.6 Å². The molecule has 1 N–H and O–H groups in total. The Balaban J connectivity index is 2.18. The summed E-state index contributed by atoms with van der Waals surface area (Å²) < 4.78 is 0. The van der Waals surface area contributed by atoms with E-state index in [-0.39, 0.29) is 12.5 Å². The number of aromatic nitrogens is 3. The average Bonchev–Trinajstić information content (AvgIpc) is 2.94. The lowest BCUT2D eigenvalue weighted by Crippen LogP contribution is -2.42. The van der Waals surface area contributed by atoms with Gasteiger partial charge in [0.25, 0.3) is 5.91 Å². The normalized spacial score (nSPS) is 11.4. The van der Waals surface area contributed by atoms with Gasteiger partial charge in [0.05, 0.1) is 11.8 Å². The van der Waals surface area contributed by atoms with E-state index < -0.39 is 5.60 Å². The highest BCUT2D eigenvalue weighted by atomic mass is 32.1. The SMILES string of the molecule is CCN(CC(C)(C)O)C(=O)c1csc(-c2cnccn2)n1. The van der Waals surface area contributed by atoms with Gasteiger partial charge >= 0.3 is 0 Å². The maximum atomic E-state index is 12.4. The van der Waals surface area contributed by atoms with Crippen LogP contribution in [0.3, 0.4) is 0 Å². The van der Waals surface area contributed by atoms with Gasteiger partial charge in [0, 0.05) is 30.9 Å². The molecule has 6 nitrogen and oxygen atoms in total. The highest BCUT2D eigenvalue weighted by Crippen LogP contribution is 2.22. The molecule has 0 fully saturated rings. The van der Waals surface area contributed by atoms with E-state index in [2.05, 4.69) is 15.0 Å². The summed E-state index contributed by atoms with van der Waals surface area (Å²) in [4.78, 5) is 26.5. The number of amides is 1. The van der Waals surface area contributed by atoms with Gasteiger partial charge in [-0.05, 0) is 20.8 Å². The van der Waals surface area contributed by atoms with Crippen LogP contribution in [0.25, 0.3) is 10.7 Å². The number of hydrogen-bond acceptors (Lipinski definition) is 6. The minimum absolute atomic E-state index is 0.189. The predicted octanol–water partition coefficient (Wildman–Crippen LogP) is 1.83. The Morgan fingerprint density at radius 1 is 1.43 bits per heavy atom. The average molecular weight is 306 g/mol. The van der Waals surface area contributed by atoms with E-state index in [0.717, 1.165) is 0 Å². The van der Waals surface area contributed by atoms with E-state index in [4.69, 9.17) is 0 Å². The van der Waals surface area contributed by atoms with Crippen LogP contribution >= 0.6 is 11.3 Å². The summed E-state index contributed by atoms with van der Waals surface area (Å²) in [5.74, 6) is -0.189. The van der Waals surface area contributed by atoms with E-state index in [9.17, 15) is 9.90 Å². The fourth-order valence-electron chi connectivity index (χ4n) is 1.86. The van der Waals surface area contributed by atoms with Gasteiger partial charge in [-0.2, -0.15) is 0 Å². The van der Waals surface area contributed by atoms with Gasteiger partial charge in [0.15, 0.2) is 0 Å². The van der Waals surface area contributed by atoms with Crippen molar-refractivity contribution in [1.82, 2.24) is 19.9 Å². The van der Waals surface area contributed by atoms with Crippen LogP contribution < -0.4 is 0 Å². The van der Waals surface area contributed by atoms with Crippen LogP contribution in [0.4, 0.5) is 0 Å². The van der Waals surface area contributed by atoms with Crippen molar-refractivity contribution in [3.05, 3.63) is 29.7 Å². The van der Waals surface area contributed by atoms with Crippen molar-refractivity contribution in [2.45, 2.75) is 26.4 Å². The van der Waals surface area contributed by atoms with Crippen LogP contribution in [0, 0.1) is 0 Å². The van der Waals surface area contributed by atoms with Gasteiger partial charge in [0.1, 0.15) is 16.4 Å². The Morgan fingerprint density at radius 2 is 2.19 bits per heavy atom. The van der Waals surface area contributed by atoms with Crippen LogP contribution in [0.2, 0.25) is 0 Å². The summed E-state index contributed by atoms with van der Waals surface area (Å²) in [6, 6.07) is 0. The van der Waals surface area contributed by atoms with Gasteiger partial charge < -0.3 is 10.0 Å². The summed E-state index contributed by atoms with van der Waals surface area (Å²) >= 11 is 1.35. The molecule has 0 aromatic carbocycles. The lowest BCUT2D eigenvalue weighted by atomic mass is 10.1. The van der Waals surface area contributed by atoms with E-state index in [1.54, 1.807) is 42.7 Å². The Labute approximate surface area is 127 Å². The van der Waals surface area contributed by atoms with Crippen molar-refractivity contribution in [3.8, 4) is 10.7 Å². The summed E-state index contributed by atoms with van der Waals surface area (Å²) in [6.07, 6.45) is 4.79. The quantitative estimate of drug-likeness (QED) is 0.911. The van der Waals surface area contributed by atoms with Crippen molar-refractivity contribution in [3.63, 3.8) is 0 Å². The molecule has 0 aliphatic heterocycles. The molecule has 2 heterocycles. The molecule has 7 heteroatoms. The van der Waals surface area contributed by atoms with Crippen molar-refractivity contribution in [2.75, 3.05) is 13.1 Å². The van der Waals surface area contributed by atoms with E-state index >= 15 is 0 Å². The van der Waals surface area contributed by atoms with Crippen molar-refractivity contribution < 1.29 is 9.90 Å². The van der Waals surface area contributed by atoms with Crippen LogP contribution in [0.15, 0.2) is 24.0 Å². The van der Waals surface area contributed by atoms with E-state index in [0.29, 0.717) is 22.9 Å². The molecular formula is C14H18N4O2S. The summed E-state index contributed by atoms with van der Waals surface area (Å²) in [7, 11) is 0. The van der Waals surface area contributed by atoms with Crippen molar-refractivity contribution in [1.29, 1.82) is 0 Å². The van der Waals surface area contributed by atoms with Gasteiger partial charge in [0.2, 0.25) is 0 Å². The largest absolute Gasteiger partial charge is 0.389 e. The molecule has 112 valence electrons. The Morgan fingerprint density at radius 3 is 2.76 bits per heavy atom. The maximum absolute atomic E-state index is 12.4. The molecule has 2 aromatic rings. The number of carbonyl (C=O) groups is 1. The Hall–Kier alpha value is -1.86. The molecule has 2 rings (SSSR count). The highest BCUT2D eigenvalue weighted by molar-refractivity contribution is 7.13. The third kappa shape index (κ3) is 4.05. The molecule has 2 aromatic heterocycles. The fraction of sp³-hybridized carbons (Fsp3) is 0.429. The minimum atomic E-state index is -0.935. The Kier molecular flexibility index (Phi) is 4.64. The molecule has 0 spiro atoms. The molecule has 1 amide bonds. The monoisotopic (exact) mass is 306 g/mol. The van der Waals surface area contributed by atoms with E-state index in [1.807, 2.05) is 6.92 Å². The smallest absolute Gasteiger partial charge is 0.273 e. The van der Waals surface area contributed by atoms with Gasteiger partial charge in [-0.1, -0.05) is 0 Å². The fourth-order valence-corrected chi connectivity index (χ4v) is 2.61. The highest BCUT2D eigenvalue weighted by Gasteiger charge is 2.24. The predicted molar refractivity (Wildman–Crippen MR) is 81.0 cm³/mol. The summed E-state index contributed by atoms with van der Waals surface area (Å²) in [5.41, 5.74) is 0.0777. The second kappa shape index (κ2) is 6.28. The van der Waals surface area contributed by atoms with Crippen molar-refractivity contribution in [2.24, 2.45) is 0 Å². The van der Waals surface area contributed by atoms with Crippen LogP contribution in [0.1, 0.15) is 31.3 Å². The Bertz CT molecular complexity index is 607. The zero-order chi connectivity index (χ0) is 15.5. The first-order valence-electron chi connectivity index (χ1n) is 6.64. The van der Waals surface area contributed by atoms with Gasteiger partial charge in [-0.3, -0.25) is 14.8 Å². The molecule has 0 unspecified atom stereocenters. The van der Waals surface area contributed by atoms with Crippen LogP contribution in [-0.2, 0) is 0 Å². The maximum Gasteiger partial charge on any atom is 0.273 e. The minimum Gasteiger partial charge on any atom is -0.389 e. The van der Waals surface area contributed by atoms with Crippen molar-refractivity contribution >= 4 is 17.2 Å². The number of hydrogen-bond donors (Lipinski definition) is 1. The first-order chi connectivity index (χ1) is 9.90. The second-order valence-corrected chi connectivity index (χ2v) is 6.12. The molecule has 21 heavy (non-hydrogen) atoms. The zero-order valence-electron chi connectivity index (χ0n) is 12.3. The lowest BCUT2D eigenvalue weighted by Gasteiger charge is -2.27. The molecule has 0 bridgehead atoms. The topological polar surface area (TPSA) is 79.2 Å². The van der Waals surface area contributed by atoms with Crippen LogP contribution in [0.5, 0.6) is 0 Å². The standard InChI is InChI=1S/C14H18N4O2S/c1-4-18(9-14(2,3)20)13(19)11-8-21-12(17-11)10-7-15-5-6-16-10/h5-8,20H,4,9H2,1-3H3. The second-order valence-electron chi connectivity index (χ2n) is 5.26. The van der Waals surface area contributed by atoms with E-state index in [1.165, 1.54) is 11.3 Å². The summed E-state index contributed by atoms with van der Waals surface area (Å²) in [5, 5.41) is 12.2. The first-order valence-corrected chi connectivity index (χ1v) is 7.52. The summed E-state index contributed by atoms with van der Waals surface area (Å²) in [6.45, 7) is 6.00.